The fraction of sp³-hybridized carbons (Fsp3) is 1.00. The van der Waals surface area contributed by atoms with Gasteiger partial charge in [-0.2, -0.15) is 0 Å². The molecule has 0 aromatic rings. The molecule has 2 aliphatic heterocycles. The van der Waals surface area contributed by atoms with Gasteiger partial charge in [0.25, 0.3) is 0 Å². The lowest BCUT2D eigenvalue weighted by Crippen LogP contribution is -2.41. The highest BCUT2D eigenvalue weighted by atomic mass is 15.3. The fourth-order valence-corrected chi connectivity index (χ4v) is 3.60. The van der Waals surface area contributed by atoms with E-state index in [0.717, 1.165) is 18.1 Å². The van der Waals surface area contributed by atoms with Gasteiger partial charge in [-0.1, -0.05) is 0 Å². The Morgan fingerprint density at radius 2 is 1.94 bits per heavy atom. The number of fused-ring (bicyclic) bond motifs is 1. The van der Waals surface area contributed by atoms with Crippen LogP contribution in [0.4, 0.5) is 0 Å². The van der Waals surface area contributed by atoms with Crippen LogP contribution in [-0.4, -0.2) is 60.6 Å². The van der Waals surface area contributed by atoms with E-state index in [1.807, 2.05) is 0 Å². The van der Waals surface area contributed by atoms with Gasteiger partial charge in [0.05, 0.1) is 0 Å². The molecule has 0 aromatic carbocycles. The molecule has 0 amide bonds. The van der Waals surface area contributed by atoms with Crippen molar-refractivity contribution in [1.29, 1.82) is 0 Å². The standard InChI is InChI=1S/C15H29N3/c1-13(7-8-16-14-5-6-14)18-11-3-10-17-9-2-4-15(17)12-18/h13-16H,2-12H2,1H3. The molecule has 1 saturated carbocycles. The van der Waals surface area contributed by atoms with Crippen molar-refractivity contribution in [2.24, 2.45) is 0 Å². The van der Waals surface area contributed by atoms with Crippen LogP contribution in [0.3, 0.4) is 0 Å². The quantitative estimate of drug-likeness (QED) is 0.802. The monoisotopic (exact) mass is 251 g/mol. The molecule has 2 atom stereocenters. The Bertz CT molecular complexity index is 264. The first kappa shape index (κ1) is 12.9. The van der Waals surface area contributed by atoms with Crippen molar-refractivity contribution in [2.45, 2.75) is 63.6 Å². The largest absolute Gasteiger partial charge is 0.314 e. The van der Waals surface area contributed by atoms with Crippen LogP contribution in [0.2, 0.25) is 0 Å². The maximum atomic E-state index is 3.65. The first-order chi connectivity index (χ1) is 8.83. The predicted molar refractivity (Wildman–Crippen MR) is 75.9 cm³/mol. The van der Waals surface area contributed by atoms with Gasteiger partial charge in [0, 0.05) is 24.7 Å². The smallest absolute Gasteiger partial charge is 0.0223 e. The van der Waals surface area contributed by atoms with Gasteiger partial charge in [-0.3, -0.25) is 9.80 Å². The molecule has 3 fully saturated rings. The molecule has 3 aliphatic rings. The third-order valence-corrected chi connectivity index (χ3v) is 5.03. The van der Waals surface area contributed by atoms with Crippen molar-refractivity contribution in [3.05, 3.63) is 0 Å². The van der Waals surface area contributed by atoms with Crippen LogP contribution in [0, 0.1) is 0 Å². The zero-order chi connectivity index (χ0) is 12.4. The second-order valence-corrected chi connectivity index (χ2v) is 6.55. The Hall–Kier alpha value is -0.120. The molecule has 2 unspecified atom stereocenters. The van der Waals surface area contributed by atoms with Crippen LogP contribution in [0.5, 0.6) is 0 Å². The Balaban J connectivity index is 1.44. The normalized spacial score (nSPS) is 32.2. The van der Waals surface area contributed by atoms with Gasteiger partial charge >= 0.3 is 0 Å². The van der Waals surface area contributed by atoms with Crippen molar-refractivity contribution in [1.82, 2.24) is 15.1 Å². The van der Waals surface area contributed by atoms with E-state index in [1.165, 1.54) is 71.2 Å². The Kier molecular flexibility index (Phi) is 4.22. The van der Waals surface area contributed by atoms with Gasteiger partial charge in [0.2, 0.25) is 0 Å². The van der Waals surface area contributed by atoms with Gasteiger partial charge in [-0.15, -0.1) is 0 Å². The zero-order valence-corrected chi connectivity index (χ0v) is 11.9. The van der Waals surface area contributed by atoms with E-state index in [1.54, 1.807) is 0 Å². The van der Waals surface area contributed by atoms with Crippen LogP contribution in [0.25, 0.3) is 0 Å². The van der Waals surface area contributed by atoms with Crippen LogP contribution >= 0.6 is 0 Å². The number of nitrogens with one attached hydrogen (secondary N) is 1. The maximum Gasteiger partial charge on any atom is 0.0223 e. The summed E-state index contributed by atoms with van der Waals surface area (Å²) in [6.45, 7) is 8.99. The third kappa shape index (κ3) is 3.25. The van der Waals surface area contributed by atoms with Crippen LogP contribution in [0.1, 0.15) is 45.4 Å². The number of rotatable bonds is 5. The van der Waals surface area contributed by atoms with E-state index in [4.69, 9.17) is 0 Å². The summed E-state index contributed by atoms with van der Waals surface area (Å²) in [5.41, 5.74) is 0. The predicted octanol–water partition coefficient (Wildman–Crippen LogP) is 1.69. The molecule has 104 valence electrons. The van der Waals surface area contributed by atoms with E-state index in [0.29, 0.717) is 0 Å². The Labute approximate surface area is 112 Å². The number of nitrogens with zero attached hydrogens (tertiary/aromatic N) is 2. The average molecular weight is 251 g/mol. The average Bonchev–Trinajstić information content (AvgIpc) is 3.13. The minimum Gasteiger partial charge on any atom is -0.314 e. The Morgan fingerprint density at radius 3 is 2.78 bits per heavy atom. The molecule has 0 aromatic heterocycles. The summed E-state index contributed by atoms with van der Waals surface area (Å²) >= 11 is 0. The van der Waals surface area contributed by atoms with Crippen molar-refractivity contribution < 1.29 is 0 Å². The highest BCUT2D eigenvalue weighted by molar-refractivity contribution is 4.87. The Morgan fingerprint density at radius 1 is 1.11 bits per heavy atom. The van der Waals surface area contributed by atoms with Crippen molar-refractivity contribution in [3.8, 4) is 0 Å². The van der Waals surface area contributed by atoms with Gasteiger partial charge in [-0.05, 0) is 71.6 Å². The molecule has 2 heterocycles. The lowest BCUT2D eigenvalue weighted by molar-refractivity contribution is 0.174. The fourth-order valence-electron chi connectivity index (χ4n) is 3.60. The number of hydrogen-bond donors (Lipinski definition) is 1. The summed E-state index contributed by atoms with van der Waals surface area (Å²) in [5.74, 6) is 0. The topological polar surface area (TPSA) is 18.5 Å². The molecule has 3 nitrogen and oxygen atoms in total. The minimum absolute atomic E-state index is 0.761. The van der Waals surface area contributed by atoms with E-state index in [2.05, 4.69) is 22.0 Å². The second kappa shape index (κ2) is 5.89. The summed E-state index contributed by atoms with van der Waals surface area (Å²) in [7, 11) is 0. The SMILES string of the molecule is CC(CCNC1CC1)N1CCCN2CCCC2C1. The van der Waals surface area contributed by atoms with Crippen molar-refractivity contribution >= 4 is 0 Å². The van der Waals surface area contributed by atoms with Crippen LogP contribution in [-0.2, 0) is 0 Å². The minimum atomic E-state index is 0.761. The highest BCUT2D eigenvalue weighted by Crippen LogP contribution is 2.23. The summed E-state index contributed by atoms with van der Waals surface area (Å²) < 4.78 is 0. The third-order valence-electron chi connectivity index (χ3n) is 5.03. The summed E-state index contributed by atoms with van der Waals surface area (Å²) in [6, 6.07) is 2.50. The molecule has 3 heteroatoms. The molecule has 1 aliphatic carbocycles. The van der Waals surface area contributed by atoms with Crippen LogP contribution < -0.4 is 5.32 Å². The van der Waals surface area contributed by atoms with E-state index >= 15 is 0 Å². The molecule has 3 rings (SSSR count). The first-order valence-electron chi connectivity index (χ1n) is 8.04. The molecule has 1 N–H and O–H groups in total. The van der Waals surface area contributed by atoms with Crippen molar-refractivity contribution in [2.75, 3.05) is 32.7 Å². The summed E-state index contributed by atoms with van der Waals surface area (Å²) in [5, 5.41) is 3.65. The van der Waals surface area contributed by atoms with E-state index < -0.39 is 0 Å². The molecule has 0 bridgehead atoms. The first-order valence-corrected chi connectivity index (χ1v) is 8.04. The summed E-state index contributed by atoms with van der Waals surface area (Å²) in [6.07, 6.45) is 8.38. The molecular formula is C15H29N3. The van der Waals surface area contributed by atoms with Gasteiger partial charge in [-0.25, -0.2) is 0 Å². The highest BCUT2D eigenvalue weighted by Gasteiger charge is 2.30. The van der Waals surface area contributed by atoms with E-state index in [9.17, 15) is 0 Å². The van der Waals surface area contributed by atoms with Gasteiger partial charge < -0.3 is 5.32 Å². The van der Waals surface area contributed by atoms with Gasteiger partial charge in [0.15, 0.2) is 0 Å². The second-order valence-electron chi connectivity index (χ2n) is 6.55. The van der Waals surface area contributed by atoms with Crippen molar-refractivity contribution in [3.63, 3.8) is 0 Å². The molecule has 2 saturated heterocycles. The molecule has 0 radical (unpaired) electrons. The molecule has 18 heavy (non-hydrogen) atoms. The van der Waals surface area contributed by atoms with Gasteiger partial charge in [0.1, 0.15) is 0 Å². The lowest BCUT2D eigenvalue weighted by Gasteiger charge is -2.30. The van der Waals surface area contributed by atoms with Crippen LogP contribution in [0.15, 0.2) is 0 Å². The lowest BCUT2D eigenvalue weighted by atomic mass is 10.1. The van der Waals surface area contributed by atoms with E-state index in [-0.39, 0.29) is 0 Å². The number of hydrogen-bond acceptors (Lipinski definition) is 3. The molecular weight excluding hydrogens is 222 g/mol. The molecule has 0 spiro atoms. The zero-order valence-electron chi connectivity index (χ0n) is 11.9. The maximum absolute atomic E-state index is 3.65. The summed E-state index contributed by atoms with van der Waals surface area (Å²) in [4.78, 5) is 5.49.